The van der Waals surface area contributed by atoms with Crippen LogP contribution >= 0.6 is 0 Å². The van der Waals surface area contributed by atoms with Crippen LogP contribution in [0.3, 0.4) is 0 Å². The number of alkyl halides is 5. The SMILES string of the molecule is FC(F)(F)C(F)(F)COc1ccc(C#Cc2nc3ccccc3[nH]2)cc1. The van der Waals surface area contributed by atoms with Crippen LogP contribution in [0.4, 0.5) is 22.0 Å². The molecule has 0 saturated heterocycles. The molecule has 1 heterocycles. The van der Waals surface area contributed by atoms with E-state index in [1.54, 1.807) is 0 Å². The molecule has 0 saturated carbocycles. The van der Waals surface area contributed by atoms with E-state index in [1.165, 1.54) is 24.3 Å². The van der Waals surface area contributed by atoms with Crippen molar-refractivity contribution >= 4 is 11.0 Å². The van der Waals surface area contributed by atoms with E-state index >= 15 is 0 Å². The molecule has 0 bridgehead atoms. The highest BCUT2D eigenvalue weighted by Crippen LogP contribution is 2.35. The zero-order valence-corrected chi connectivity index (χ0v) is 13.1. The number of nitrogens with one attached hydrogen (secondary N) is 1. The fourth-order valence-electron chi connectivity index (χ4n) is 2.03. The molecule has 0 fully saturated rings. The van der Waals surface area contributed by atoms with E-state index in [9.17, 15) is 22.0 Å². The van der Waals surface area contributed by atoms with Gasteiger partial charge in [-0.25, -0.2) is 4.98 Å². The second-order valence-electron chi connectivity index (χ2n) is 5.37. The second kappa shape index (κ2) is 6.67. The van der Waals surface area contributed by atoms with E-state index in [2.05, 4.69) is 26.5 Å². The Morgan fingerprint density at radius 1 is 0.923 bits per heavy atom. The molecule has 0 atom stereocenters. The van der Waals surface area contributed by atoms with Crippen LogP contribution < -0.4 is 4.74 Å². The Morgan fingerprint density at radius 2 is 1.62 bits per heavy atom. The third-order valence-corrected chi connectivity index (χ3v) is 3.40. The third-order valence-electron chi connectivity index (χ3n) is 3.40. The molecule has 0 aliphatic heterocycles. The van der Waals surface area contributed by atoms with Gasteiger partial charge < -0.3 is 9.72 Å². The highest BCUT2D eigenvalue weighted by molar-refractivity contribution is 5.75. The minimum absolute atomic E-state index is 0.108. The monoisotopic (exact) mass is 366 g/mol. The number of rotatable bonds is 3. The fourth-order valence-corrected chi connectivity index (χ4v) is 2.03. The average molecular weight is 366 g/mol. The number of halogens is 5. The van der Waals surface area contributed by atoms with Crippen LogP contribution in [0.1, 0.15) is 11.4 Å². The summed E-state index contributed by atoms with van der Waals surface area (Å²) < 4.78 is 66.4. The smallest absolute Gasteiger partial charge is 0.456 e. The summed E-state index contributed by atoms with van der Waals surface area (Å²) in [7, 11) is 0. The minimum Gasteiger partial charge on any atom is -0.487 e. The number of hydrogen-bond donors (Lipinski definition) is 1. The molecule has 8 heteroatoms. The van der Waals surface area contributed by atoms with Crippen molar-refractivity contribution in [2.24, 2.45) is 0 Å². The lowest BCUT2D eigenvalue weighted by Gasteiger charge is -2.19. The molecule has 0 unspecified atom stereocenters. The lowest BCUT2D eigenvalue weighted by Crippen LogP contribution is -2.41. The number of para-hydroxylation sites is 2. The van der Waals surface area contributed by atoms with E-state index in [1.807, 2.05) is 24.3 Å². The molecule has 134 valence electrons. The first-order valence-corrected chi connectivity index (χ1v) is 7.39. The molecule has 1 N–H and O–H groups in total. The number of H-pyrrole nitrogens is 1. The summed E-state index contributed by atoms with van der Waals surface area (Å²) in [5, 5.41) is 0. The standard InChI is InChI=1S/C18H11F5N2O/c19-17(20,18(21,22)23)11-26-13-8-5-12(6-9-13)7-10-16-24-14-3-1-2-4-15(14)25-16/h1-6,8-9H,11H2,(H,24,25). The van der Waals surface area contributed by atoms with Gasteiger partial charge in [0.05, 0.1) is 11.0 Å². The molecular formula is C18H11F5N2O. The number of fused-ring (bicyclic) bond motifs is 1. The molecule has 0 aliphatic carbocycles. The van der Waals surface area contributed by atoms with Crippen molar-refractivity contribution in [3.63, 3.8) is 0 Å². The van der Waals surface area contributed by atoms with Gasteiger partial charge in [-0.1, -0.05) is 18.1 Å². The zero-order chi connectivity index (χ0) is 18.8. The summed E-state index contributed by atoms with van der Waals surface area (Å²) in [6, 6.07) is 12.9. The maximum Gasteiger partial charge on any atom is 0.456 e. The van der Waals surface area contributed by atoms with Crippen LogP contribution in [0.15, 0.2) is 48.5 Å². The molecule has 1 aromatic heterocycles. The lowest BCUT2D eigenvalue weighted by molar-refractivity contribution is -0.290. The molecule has 3 aromatic rings. The van der Waals surface area contributed by atoms with Gasteiger partial charge in [0.25, 0.3) is 0 Å². The van der Waals surface area contributed by atoms with Crippen molar-refractivity contribution in [2.75, 3.05) is 6.61 Å². The first-order valence-electron chi connectivity index (χ1n) is 7.39. The summed E-state index contributed by atoms with van der Waals surface area (Å²) in [5.74, 6) is 1.07. The van der Waals surface area contributed by atoms with Gasteiger partial charge in [-0.15, -0.1) is 0 Å². The van der Waals surface area contributed by atoms with Gasteiger partial charge in [-0.05, 0) is 42.3 Å². The van der Waals surface area contributed by atoms with Crippen LogP contribution in [0.25, 0.3) is 11.0 Å². The van der Waals surface area contributed by atoms with E-state index < -0.39 is 18.7 Å². The van der Waals surface area contributed by atoms with Crippen molar-refractivity contribution in [1.82, 2.24) is 9.97 Å². The highest BCUT2D eigenvalue weighted by atomic mass is 19.4. The summed E-state index contributed by atoms with van der Waals surface area (Å²) >= 11 is 0. The first kappa shape index (κ1) is 17.7. The largest absolute Gasteiger partial charge is 0.487 e. The number of nitrogens with zero attached hydrogens (tertiary/aromatic N) is 1. The van der Waals surface area contributed by atoms with E-state index in [-0.39, 0.29) is 5.75 Å². The Bertz CT molecular complexity index is 932. The van der Waals surface area contributed by atoms with E-state index in [0.717, 1.165) is 11.0 Å². The van der Waals surface area contributed by atoms with Crippen molar-refractivity contribution in [3.05, 3.63) is 59.9 Å². The minimum atomic E-state index is -5.65. The second-order valence-corrected chi connectivity index (χ2v) is 5.37. The third kappa shape index (κ3) is 3.94. The molecular weight excluding hydrogens is 355 g/mol. The summed E-state index contributed by atoms with van der Waals surface area (Å²) in [4.78, 5) is 7.31. The van der Waals surface area contributed by atoms with Gasteiger partial charge in [0.15, 0.2) is 12.4 Å². The van der Waals surface area contributed by atoms with Crippen LogP contribution in [0.5, 0.6) is 5.75 Å². The topological polar surface area (TPSA) is 37.9 Å². The molecule has 3 rings (SSSR count). The van der Waals surface area contributed by atoms with Crippen molar-refractivity contribution in [3.8, 4) is 17.6 Å². The molecule has 26 heavy (non-hydrogen) atoms. The van der Waals surface area contributed by atoms with Gasteiger partial charge in [0.1, 0.15) is 5.75 Å². The molecule has 2 aromatic carbocycles. The highest BCUT2D eigenvalue weighted by Gasteiger charge is 2.58. The number of imidazole rings is 1. The summed E-state index contributed by atoms with van der Waals surface area (Å²) in [6.07, 6.45) is -5.65. The number of ether oxygens (including phenoxy) is 1. The van der Waals surface area contributed by atoms with Crippen molar-refractivity contribution in [2.45, 2.75) is 12.1 Å². The van der Waals surface area contributed by atoms with E-state index in [4.69, 9.17) is 0 Å². The quantitative estimate of drug-likeness (QED) is 0.546. The maximum atomic E-state index is 12.8. The molecule has 0 amide bonds. The Kier molecular flexibility index (Phi) is 4.55. The Morgan fingerprint density at radius 3 is 2.27 bits per heavy atom. The molecule has 3 nitrogen and oxygen atoms in total. The average Bonchev–Trinajstić information content (AvgIpc) is 3.01. The van der Waals surface area contributed by atoms with Crippen molar-refractivity contribution in [1.29, 1.82) is 0 Å². The lowest BCUT2D eigenvalue weighted by atomic mass is 10.2. The number of aromatic amines is 1. The van der Waals surface area contributed by atoms with Gasteiger partial charge >= 0.3 is 12.1 Å². The number of hydrogen-bond acceptors (Lipinski definition) is 2. The van der Waals surface area contributed by atoms with Gasteiger partial charge in [-0.2, -0.15) is 22.0 Å². The fraction of sp³-hybridized carbons (Fsp3) is 0.167. The summed E-state index contributed by atoms with van der Waals surface area (Å²) in [5.41, 5.74) is 2.14. The predicted molar refractivity (Wildman–Crippen MR) is 85.0 cm³/mol. The van der Waals surface area contributed by atoms with Crippen LogP contribution in [-0.4, -0.2) is 28.7 Å². The zero-order valence-electron chi connectivity index (χ0n) is 13.1. The number of benzene rings is 2. The maximum absolute atomic E-state index is 12.8. The normalized spacial score (nSPS) is 11.9. The number of aromatic nitrogens is 2. The van der Waals surface area contributed by atoms with Crippen LogP contribution in [0.2, 0.25) is 0 Å². The van der Waals surface area contributed by atoms with Gasteiger partial charge in [0.2, 0.25) is 0 Å². The van der Waals surface area contributed by atoms with Gasteiger partial charge in [-0.3, -0.25) is 0 Å². The van der Waals surface area contributed by atoms with Crippen molar-refractivity contribution < 1.29 is 26.7 Å². The van der Waals surface area contributed by atoms with Crippen LogP contribution in [0, 0.1) is 11.8 Å². The van der Waals surface area contributed by atoms with E-state index in [0.29, 0.717) is 11.4 Å². The van der Waals surface area contributed by atoms with Gasteiger partial charge in [0, 0.05) is 5.56 Å². The Hall–Kier alpha value is -3.08. The molecule has 0 spiro atoms. The Labute approximate surface area is 144 Å². The molecule has 0 radical (unpaired) electrons. The summed E-state index contributed by atoms with van der Waals surface area (Å²) in [6.45, 7) is -1.78. The molecule has 0 aliphatic rings. The van der Waals surface area contributed by atoms with Crippen LogP contribution in [-0.2, 0) is 0 Å². The Balaban J connectivity index is 1.67. The first-order chi connectivity index (χ1) is 12.2. The predicted octanol–water partition coefficient (Wildman–Crippen LogP) is 4.54.